The fourth-order valence-electron chi connectivity index (χ4n) is 3.69. The highest BCUT2D eigenvalue weighted by atomic mass is 32.1. The molecule has 208 valence electrons. The van der Waals surface area contributed by atoms with Crippen LogP contribution in [0.25, 0.3) is 17.1 Å². The normalized spacial score (nSPS) is 11.9. The van der Waals surface area contributed by atoms with Crippen LogP contribution in [0.4, 0.5) is 24.8 Å². The largest absolute Gasteiger partial charge is 0.573 e. The lowest BCUT2D eigenvalue weighted by molar-refractivity contribution is -0.274. The number of carbonyl (C=O) groups is 1. The van der Waals surface area contributed by atoms with Crippen molar-refractivity contribution in [2.75, 3.05) is 10.6 Å². The summed E-state index contributed by atoms with van der Waals surface area (Å²) in [4.78, 5) is 16.2. The van der Waals surface area contributed by atoms with Crippen molar-refractivity contribution in [3.8, 4) is 22.8 Å². The summed E-state index contributed by atoms with van der Waals surface area (Å²) in [5, 5.41) is 10.6. The number of para-hydroxylation sites is 1. The first-order valence-corrected chi connectivity index (χ1v) is 12.5. The molecule has 1 aromatic heterocycles. The molecule has 0 aliphatic heterocycles. The molecule has 0 saturated heterocycles. The highest BCUT2D eigenvalue weighted by molar-refractivity contribution is 7.80. The van der Waals surface area contributed by atoms with Gasteiger partial charge in [0.2, 0.25) is 11.9 Å². The van der Waals surface area contributed by atoms with Gasteiger partial charge < -0.3 is 10.1 Å². The third kappa shape index (κ3) is 7.55. The molecule has 13 heteroatoms. The average Bonchev–Trinajstić information content (AvgIpc) is 3.31. The molecule has 4 N–H and O–H groups in total. The van der Waals surface area contributed by atoms with Crippen LogP contribution in [-0.4, -0.2) is 32.1 Å². The van der Waals surface area contributed by atoms with Crippen LogP contribution < -0.4 is 26.2 Å². The van der Waals surface area contributed by atoms with E-state index in [9.17, 15) is 18.0 Å². The quantitative estimate of drug-likeness (QED) is 0.159. The molecule has 40 heavy (non-hydrogen) atoms. The van der Waals surface area contributed by atoms with E-state index in [4.69, 9.17) is 12.2 Å². The van der Waals surface area contributed by atoms with Crippen LogP contribution in [-0.2, 0) is 4.79 Å². The van der Waals surface area contributed by atoms with Gasteiger partial charge in [-0.15, -0.1) is 18.3 Å². The Balaban J connectivity index is 1.46. The van der Waals surface area contributed by atoms with Crippen molar-refractivity contribution >= 4 is 34.9 Å². The van der Waals surface area contributed by atoms with Crippen molar-refractivity contribution in [3.63, 3.8) is 0 Å². The third-order valence-electron chi connectivity index (χ3n) is 5.67. The highest BCUT2D eigenvalue weighted by Crippen LogP contribution is 2.26. The van der Waals surface area contributed by atoms with E-state index in [1.165, 1.54) is 23.7 Å². The zero-order chi connectivity index (χ0) is 28.9. The predicted molar refractivity (Wildman–Crippen MR) is 150 cm³/mol. The highest BCUT2D eigenvalue weighted by Gasteiger charge is 2.31. The second kappa shape index (κ2) is 12.1. The monoisotopic (exact) mass is 569 g/mol. The number of alkyl halides is 3. The molecule has 0 radical (unpaired) electrons. The first-order valence-electron chi connectivity index (χ1n) is 12.1. The molecule has 1 heterocycles. The number of aryl methyl sites for hydroxylation is 1. The molecule has 0 spiro atoms. The summed E-state index contributed by atoms with van der Waals surface area (Å²) in [5.41, 5.74) is 10.1. The minimum absolute atomic E-state index is 0.108. The number of aromatic nitrogens is 3. The molecule has 3 aromatic carbocycles. The predicted octanol–water partition coefficient (Wildman–Crippen LogP) is 5.65. The number of benzene rings is 3. The van der Waals surface area contributed by atoms with Crippen LogP contribution >= 0.6 is 12.2 Å². The maximum Gasteiger partial charge on any atom is 0.573 e. The van der Waals surface area contributed by atoms with E-state index in [1.807, 2.05) is 62.4 Å². The number of hydrogen-bond donors (Lipinski definition) is 4. The molecule has 0 fully saturated rings. The summed E-state index contributed by atoms with van der Waals surface area (Å²) >= 11 is 5.37. The molecule has 0 bridgehead atoms. The summed E-state index contributed by atoms with van der Waals surface area (Å²) < 4.78 is 42.8. The number of hydrazine groups is 1. The lowest BCUT2D eigenvalue weighted by atomic mass is 10.1. The van der Waals surface area contributed by atoms with Gasteiger partial charge in [-0.2, -0.15) is 9.67 Å². The van der Waals surface area contributed by atoms with Crippen molar-refractivity contribution in [3.05, 3.63) is 83.9 Å². The van der Waals surface area contributed by atoms with Crippen molar-refractivity contribution in [2.24, 2.45) is 0 Å². The van der Waals surface area contributed by atoms with E-state index in [0.29, 0.717) is 22.2 Å². The Labute approximate surface area is 233 Å². The fourth-order valence-corrected chi connectivity index (χ4v) is 3.86. The first kappa shape index (κ1) is 28.5. The van der Waals surface area contributed by atoms with Gasteiger partial charge in [0.25, 0.3) is 0 Å². The van der Waals surface area contributed by atoms with Gasteiger partial charge in [-0.05, 0) is 67.5 Å². The van der Waals surface area contributed by atoms with Crippen molar-refractivity contribution in [2.45, 2.75) is 33.2 Å². The lowest BCUT2D eigenvalue weighted by Crippen LogP contribution is -2.41. The second-order valence-corrected chi connectivity index (χ2v) is 9.18. The van der Waals surface area contributed by atoms with E-state index < -0.39 is 6.36 Å². The molecule has 1 amide bonds. The number of halogens is 3. The van der Waals surface area contributed by atoms with E-state index in [1.54, 1.807) is 0 Å². The maximum atomic E-state index is 12.5. The minimum atomic E-state index is -4.80. The Kier molecular flexibility index (Phi) is 8.65. The van der Waals surface area contributed by atoms with E-state index in [0.717, 1.165) is 28.9 Å². The van der Waals surface area contributed by atoms with Gasteiger partial charge in [0.15, 0.2) is 10.9 Å². The number of amides is 1. The molecular weight excluding hydrogens is 543 g/mol. The van der Waals surface area contributed by atoms with Gasteiger partial charge >= 0.3 is 6.36 Å². The fraction of sp³-hybridized carbons (Fsp3) is 0.185. The van der Waals surface area contributed by atoms with E-state index >= 15 is 0 Å². The molecule has 4 rings (SSSR count). The maximum absolute atomic E-state index is 12.5. The van der Waals surface area contributed by atoms with Crippen LogP contribution in [0, 0.1) is 6.92 Å². The van der Waals surface area contributed by atoms with Crippen molar-refractivity contribution in [1.82, 2.24) is 25.6 Å². The number of carbonyl (C=O) groups excluding carboxylic acids is 1. The summed E-state index contributed by atoms with van der Waals surface area (Å²) in [6.45, 7) is 5.27. The van der Waals surface area contributed by atoms with E-state index in [2.05, 4.69) is 36.3 Å². The van der Waals surface area contributed by atoms with Crippen LogP contribution in [0.2, 0.25) is 0 Å². The number of hydrogen-bond acceptors (Lipinski definition) is 6. The first-order chi connectivity index (χ1) is 19.0. The van der Waals surface area contributed by atoms with Gasteiger partial charge in [-0.25, -0.2) is 5.43 Å². The smallest absolute Gasteiger partial charge is 0.406 e. The number of nitrogens with zero attached hydrogens (tertiary/aromatic N) is 3. The SMILES string of the molecule is CC(=O)Nc1nc(-c2ccc(C(C)NNC(=S)Nc3ccccc3C)cc2)nn1-c1ccc(OC(F)(F)F)cc1. The summed E-state index contributed by atoms with van der Waals surface area (Å²) in [5.74, 6) is -0.328. The molecule has 4 aromatic rings. The van der Waals surface area contributed by atoms with E-state index in [-0.39, 0.29) is 23.6 Å². The Morgan fingerprint density at radius 2 is 1.68 bits per heavy atom. The molecule has 0 aliphatic rings. The Morgan fingerprint density at radius 3 is 2.30 bits per heavy atom. The number of anilines is 2. The zero-order valence-electron chi connectivity index (χ0n) is 21.7. The Hall–Kier alpha value is -4.49. The van der Waals surface area contributed by atoms with Gasteiger partial charge in [0.1, 0.15) is 5.75 Å². The Bertz CT molecular complexity index is 1490. The van der Waals surface area contributed by atoms with Gasteiger partial charge in [-0.3, -0.25) is 15.5 Å². The molecular formula is C27H26F3N7O2S. The number of ether oxygens (including phenoxy) is 1. The second-order valence-electron chi connectivity index (χ2n) is 8.78. The lowest BCUT2D eigenvalue weighted by Gasteiger charge is -2.18. The van der Waals surface area contributed by atoms with Crippen LogP contribution in [0.15, 0.2) is 72.8 Å². The minimum Gasteiger partial charge on any atom is -0.406 e. The standard InChI is InChI=1S/C27H26F3N7O2S/c1-16-6-4-5-7-23(16)32-26(40)35-34-17(2)19-8-10-20(11-9-19)24-33-25(31-18(3)38)37(36-24)21-12-14-22(15-13-21)39-27(28,29)30/h4-15,17,34H,1-3H3,(H2,32,35,40)(H,31,33,36,38). The van der Waals surface area contributed by atoms with Crippen LogP contribution in [0.1, 0.15) is 31.0 Å². The Morgan fingerprint density at radius 1 is 1.00 bits per heavy atom. The number of nitrogens with one attached hydrogen (secondary N) is 4. The molecule has 9 nitrogen and oxygen atoms in total. The summed E-state index contributed by atoms with van der Waals surface area (Å²) in [6, 6.07) is 20.2. The molecule has 0 aliphatic carbocycles. The summed E-state index contributed by atoms with van der Waals surface area (Å²) in [6.07, 6.45) is -4.80. The summed E-state index contributed by atoms with van der Waals surface area (Å²) in [7, 11) is 0. The van der Waals surface area contributed by atoms with Crippen molar-refractivity contribution in [1.29, 1.82) is 0 Å². The number of rotatable bonds is 8. The number of thiocarbonyl (C=S) groups is 1. The van der Waals surface area contributed by atoms with Crippen molar-refractivity contribution < 1.29 is 22.7 Å². The van der Waals surface area contributed by atoms with Gasteiger partial charge in [0.05, 0.1) is 5.69 Å². The van der Waals surface area contributed by atoms with Gasteiger partial charge in [0, 0.05) is 24.2 Å². The van der Waals surface area contributed by atoms with Crippen LogP contribution in [0.5, 0.6) is 5.75 Å². The van der Waals surface area contributed by atoms with Crippen LogP contribution in [0.3, 0.4) is 0 Å². The topological polar surface area (TPSA) is 105 Å². The third-order valence-corrected chi connectivity index (χ3v) is 5.88. The molecule has 1 unspecified atom stereocenters. The molecule has 1 atom stereocenters. The molecule has 0 saturated carbocycles. The van der Waals surface area contributed by atoms with Gasteiger partial charge in [-0.1, -0.05) is 42.5 Å². The zero-order valence-corrected chi connectivity index (χ0v) is 22.5. The average molecular weight is 570 g/mol.